The smallest absolute Gasteiger partial charge is 0.0890 e. The van der Waals surface area contributed by atoms with Gasteiger partial charge < -0.3 is 15.5 Å². The number of nitrogens with one attached hydrogen (secondary N) is 2. The van der Waals surface area contributed by atoms with Crippen LogP contribution < -0.4 is 10.6 Å². The van der Waals surface area contributed by atoms with Crippen molar-refractivity contribution in [3.63, 3.8) is 0 Å². The Balaban J connectivity index is 1.73. The predicted octanol–water partition coefficient (Wildman–Crippen LogP) is 2.99. The summed E-state index contributed by atoms with van der Waals surface area (Å²) in [5.74, 6) is 0. The largest absolute Gasteiger partial charge is 0.380 e. The number of nitrogens with zero attached hydrogens (tertiary/aromatic N) is 3. The summed E-state index contributed by atoms with van der Waals surface area (Å²) in [6.07, 6.45) is 10.7. The minimum Gasteiger partial charge on any atom is -0.380 e. The van der Waals surface area contributed by atoms with E-state index in [0.717, 1.165) is 48.5 Å². The van der Waals surface area contributed by atoms with Gasteiger partial charge in [-0.25, -0.2) is 0 Å². The average molecular weight is 349 g/mol. The summed E-state index contributed by atoms with van der Waals surface area (Å²) in [5, 5.41) is 7.01. The highest BCUT2D eigenvalue weighted by Crippen LogP contribution is 2.19. The minimum absolute atomic E-state index is 0.508. The second-order valence-electron chi connectivity index (χ2n) is 6.48. The Morgan fingerprint density at radius 1 is 1.35 bits per heavy atom. The number of hydrogen-bond acceptors (Lipinski definition) is 5. The Hall–Kier alpha value is -2.66. The van der Waals surface area contributed by atoms with Gasteiger partial charge in [0.1, 0.15) is 0 Å². The van der Waals surface area contributed by atoms with Crippen LogP contribution in [0.3, 0.4) is 0 Å². The van der Waals surface area contributed by atoms with Crippen molar-refractivity contribution in [1.29, 1.82) is 0 Å². The highest BCUT2D eigenvalue weighted by Gasteiger charge is 2.22. The van der Waals surface area contributed by atoms with Crippen LogP contribution in [0, 0.1) is 0 Å². The molecule has 1 aromatic carbocycles. The average Bonchev–Trinajstić information content (AvgIpc) is 3.21. The summed E-state index contributed by atoms with van der Waals surface area (Å²) in [6, 6.07) is 6.71. The molecule has 5 nitrogen and oxygen atoms in total. The maximum Gasteiger partial charge on any atom is 0.0890 e. The molecule has 1 atom stereocenters. The topological polar surface area (TPSA) is 53.1 Å². The van der Waals surface area contributed by atoms with Crippen molar-refractivity contribution in [1.82, 2.24) is 25.5 Å². The van der Waals surface area contributed by atoms with Gasteiger partial charge in [-0.05, 0) is 43.7 Å². The SMILES string of the molecule is C=C/C=C(\C(=C/C)NCc1ccc2nccnc2c1)N(C)C1CCNC1. The third-order valence-electron chi connectivity index (χ3n) is 4.82. The van der Waals surface area contributed by atoms with Gasteiger partial charge in [0, 0.05) is 38.6 Å². The molecule has 2 aromatic rings. The second-order valence-corrected chi connectivity index (χ2v) is 6.48. The molecule has 0 spiro atoms. The molecule has 1 aliphatic rings. The molecule has 0 aliphatic carbocycles. The second kappa shape index (κ2) is 8.63. The van der Waals surface area contributed by atoms with Crippen LogP contribution in [0.2, 0.25) is 0 Å². The van der Waals surface area contributed by atoms with E-state index in [1.54, 1.807) is 12.4 Å². The Morgan fingerprint density at radius 3 is 2.85 bits per heavy atom. The predicted molar refractivity (Wildman–Crippen MR) is 107 cm³/mol. The molecular weight excluding hydrogens is 322 g/mol. The van der Waals surface area contributed by atoms with Crippen LogP contribution in [0.15, 0.2) is 66.8 Å². The fourth-order valence-electron chi connectivity index (χ4n) is 3.33. The van der Waals surface area contributed by atoms with E-state index in [1.807, 2.05) is 12.1 Å². The van der Waals surface area contributed by atoms with E-state index < -0.39 is 0 Å². The molecule has 0 bridgehead atoms. The maximum absolute atomic E-state index is 4.39. The van der Waals surface area contributed by atoms with Crippen molar-refractivity contribution in [3.05, 3.63) is 72.4 Å². The van der Waals surface area contributed by atoms with Crippen LogP contribution in [0.5, 0.6) is 0 Å². The first-order valence-electron chi connectivity index (χ1n) is 9.09. The summed E-state index contributed by atoms with van der Waals surface area (Å²) in [7, 11) is 2.16. The summed E-state index contributed by atoms with van der Waals surface area (Å²) < 4.78 is 0. The lowest BCUT2D eigenvalue weighted by Gasteiger charge is -2.30. The molecule has 1 fully saturated rings. The van der Waals surface area contributed by atoms with Crippen LogP contribution in [0.25, 0.3) is 11.0 Å². The third-order valence-corrected chi connectivity index (χ3v) is 4.82. The molecule has 0 radical (unpaired) electrons. The van der Waals surface area contributed by atoms with Crippen molar-refractivity contribution in [2.75, 3.05) is 20.1 Å². The number of aromatic nitrogens is 2. The van der Waals surface area contributed by atoms with Gasteiger partial charge in [-0.15, -0.1) is 0 Å². The van der Waals surface area contributed by atoms with Crippen LogP contribution in [0.4, 0.5) is 0 Å². The van der Waals surface area contributed by atoms with E-state index in [9.17, 15) is 0 Å². The zero-order valence-corrected chi connectivity index (χ0v) is 15.6. The third kappa shape index (κ3) is 4.11. The van der Waals surface area contributed by atoms with Gasteiger partial charge in [0.15, 0.2) is 0 Å². The number of allylic oxidation sites excluding steroid dienone is 3. The van der Waals surface area contributed by atoms with Crippen LogP contribution in [-0.4, -0.2) is 41.0 Å². The first-order chi connectivity index (χ1) is 12.7. The molecule has 1 aromatic heterocycles. The fourth-order valence-corrected chi connectivity index (χ4v) is 3.33. The van der Waals surface area contributed by atoms with E-state index in [4.69, 9.17) is 0 Å². The highest BCUT2D eigenvalue weighted by molar-refractivity contribution is 5.74. The molecule has 1 aliphatic heterocycles. The van der Waals surface area contributed by atoms with E-state index in [2.05, 4.69) is 70.3 Å². The van der Waals surface area contributed by atoms with Crippen molar-refractivity contribution in [2.45, 2.75) is 25.9 Å². The highest BCUT2D eigenvalue weighted by atomic mass is 15.2. The number of hydrogen-bond donors (Lipinski definition) is 2. The van der Waals surface area contributed by atoms with E-state index >= 15 is 0 Å². The zero-order chi connectivity index (χ0) is 18.4. The van der Waals surface area contributed by atoms with Crippen LogP contribution >= 0.6 is 0 Å². The molecule has 3 rings (SSSR count). The lowest BCUT2D eigenvalue weighted by atomic mass is 10.1. The summed E-state index contributed by atoms with van der Waals surface area (Å²) in [5.41, 5.74) is 5.30. The lowest BCUT2D eigenvalue weighted by Crippen LogP contribution is -2.35. The molecule has 2 N–H and O–H groups in total. The van der Waals surface area contributed by atoms with Gasteiger partial charge in [0.25, 0.3) is 0 Å². The van der Waals surface area contributed by atoms with Crippen molar-refractivity contribution in [3.8, 4) is 0 Å². The molecule has 1 saturated heterocycles. The molecule has 136 valence electrons. The molecule has 26 heavy (non-hydrogen) atoms. The van der Waals surface area contributed by atoms with Crippen molar-refractivity contribution < 1.29 is 0 Å². The first kappa shape index (κ1) is 18.1. The van der Waals surface area contributed by atoms with Crippen molar-refractivity contribution in [2.24, 2.45) is 0 Å². The van der Waals surface area contributed by atoms with Crippen LogP contribution in [0.1, 0.15) is 18.9 Å². The summed E-state index contributed by atoms with van der Waals surface area (Å²) >= 11 is 0. The van der Waals surface area contributed by atoms with E-state index in [-0.39, 0.29) is 0 Å². The number of benzene rings is 1. The molecular formula is C21H27N5. The number of likely N-dealkylation sites (N-methyl/N-ethyl adjacent to an activating group) is 1. The maximum atomic E-state index is 4.39. The van der Waals surface area contributed by atoms with Crippen molar-refractivity contribution >= 4 is 11.0 Å². The summed E-state index contributed by atoms with van der Waals surface area (Å²) in [6.45, 7) is 8.78. The van der Waals surface area contributed by atoms with Gasteiger partial charge in [-0.3, -0.25) is 9.97 Å². The quantitative estimate of drug-likeness (QED) is 0.753. The molecule has 0 saturated carbocycles. The first-order valence-corrected chi connectivity index (χ1v) is 9.09. The summed E-state index contributed by atoms with van der Waals surface area (Å²) in [4.78, 5) is 11.1. The normalized spacial score (nSPS) is 18.2. The van der Waals surface area contributed by atoms with Gasteiger partial charge in [0.05, 0.1) is 22.4 Å². The molecule has 2 heterocycles. The number of fused-ring (bicyclic) bond motifs is 1. The number of rotatable bonds is 7. The lowest BCUT2D eigenvalue weighted by molar-refractivity contribution is 0.324. The monoisotopic (exact) mass is 349 g/mol. The van der Waals surface area contributed by atoms with Gasteiger partial charge in [-0.2, -0.15) is 0 Å². The van der Waals surface area contributed by atoms with E-state index in [1.165, 1.54) is 5.56 Å². The van der Waals surface area contributed by atoms with Gasteiger partial charge in [-0.1, -0.05) is 24.8 Å². The van der Waals surface area contributed by atoms with Gasteiger partial charge >= 0.3 is 0 Å². The van der Waals surface area contributed by atoms with E-state index in [0.29, 0.717) is 6.04 Å². The fraction of sp³-hybridized carbons (Fsp3) is 0.333. The standard InChI is InChI=1S/C21H27N5/c1-4-6-21(26(3)17-9-10-22-15-17)18(5-2)25-14-16-7-8-19-20(13-16)24-12-11-23-19/h4-8,11-13,17,22,25H,1,9-10,14-15H2,2-3H3/b18-5+,21-6+. The van der Waals surface area contributed by atoms with Gasteiger partial charge in [0.2, 0.25) is 0 Å². The van der Waals surface area contributed by atoms with Crippen LogP contribution in [-0.2, 0) is 6.54 Å². The Kier molecular flexibility index (Phi) is 6.02. The molecule has 1 unspecified atom stereocenters. The molecule has 5 heteroatoms. The minimum atomic E-state index is 0.508. The Morgan fingerprint density at radius 2 is 2.15 bits per heavy atom. The Labute approximate surface area is 155 Å². The Bertz CT molecular complexity index is 818. The zero-order valence-electron chi connectivity index (χ0n) is 15.6. The molecule has 0 amide bonds.